The van der Waals surface area contributed by atoms with E-state index in [4.69, 9.17) is 4.42 Å². The highest BCUT2D eigenvalue weighted by molar-refractivity contribution is 6.04. The Morgan fingerprint density at radius 2 is 1.77 bits per heavy atom. The van der Waals surface area contributed by atoms with Crippen LogP contribution in [0.15, 0.2) is 45.6 Å². The second-order valence-electron chi connectivity index (χ2n) is 5.96. The number of fused-ring (bicyclic) bond motifs is 3. The predicted octanol–water partition coefficient (Wildman–Crippen LogP) is 3.38. The molecule has 1 aromatic heterocycles. The monoisotopic (exact) mass is 292 g/mol. The number of aliphatic hydroxyl groups is 1. The van der Waals surface area contributed by atoms with Gasteiger partial charge < -0.3 is 9.52 Å². The molecule has 0 aliphatic heterocycles. The van der Waals surface area contributed by atoms with Crippen LogP contribution in [0, 0.1) is 18.8 Å². The zero-order chi connectivity index (χ0) is 15.9. The average molecular weight is 292 g/mol. The van der Waals surface area contributed by atoms with Crippen LogP contribution >= 0.6 is 0 Å². The van der Waals surface area contributed by atoms with Gasteiger partial charge in [0.25, 0.3) is 0 Å². The molecule has 0 spiro atoms. The summed E-state index contributed by atoms with van der Waals surface area (Å²) in [6, 6.07) is 11.2. The fourth-order valence-corrected chi connectivity index (χ4v) is 2.34. The molecule has 0 atom stereocenters. The zero-order valence-corrected chi connectivity index (χ0v) is 12.7. The van der Waals surface area contributed by atoms with Crippen LogP contribution in [0.2, 0.25) is 0 Å². The summed E-state index contributed by atoms with van der Waals surface area (Å²) in [6.45, 7) is 5.19. The van der Waals surface area contributed by atoms with Gasteiger partial charge in [-0.05, 0) is 44.5 Å². The van der Waals surface area contributed by atoms with E-state index < -0.39 is 5.60 Å². The number of rotatable bonds is 0. The van der Waals surface area contributed by atoms with Crippen LogP contribution < -0.4 is 5.63 Å². The summed E-state index contributed by atoms with van der Waals surface area (Å²) in [6.07, 6.45) is 0. The van der Waals surface area contributed by atoms with Crippen molar-refractivity contribution in [2.24, 2.45) is 0 Å². The van der Waals surface area contributed by atoms with Gasteiger partial charge >= 0.3 is 5.63 Å². The first kappa shape index (κ1) is 14.4. The van der Waals surface area contributed by atoms with E-state index in [2.05, 4.69) is 11.8 Å². The summed E-state index contributed by atoms with van der Waals surface area (Å²) in [5, 5.41) is 11.9. The highest BCUT2D eigenvalue weighted by Crippen LogP contribution is 2.24. The summed E-state index contributed by atoms with van der Waals surface area (Å²) in [7, 11) is 0. The number of aryl methyl sites for hydroxylation is 1. The van der Waals surface area contributed by atoms with Crippen LogP contribution in [-0.4, -0.2) is 10.7 Å². The molecule has 0 radical (unpaired) electrons. The molecule has 3 aromatic rings. The maximum Gasteiger partial charge on any atom is 0.344 e. The molecule has 3 rings (SSSR count). The Morgan fingerprint density at radius 3 is 2.50 bits per heavy atom. The van der Waals surface area contributed by atoms with E-state index in [0.717, 1.165) is 16.3 Å². The van der Waals surface area contributed by atoms with Crippen LogP contribution in [0.4, 0.5) is 0 Å². The van der Waals surface area contributed by atoms with Crippen molar-refractivity contribution in [2.45, 2.75) is 26.4 Å². The van der Waals surface area contributed by atoms with Crippen LogP contribution in [0.25, 0.3) is 21.7 Å². The number of benzene rings is 2. The highest BCUT2D eigenvalue weighted by Gasteiger charge is 2.09. The van der Waals surface area contributed by atoms with Crippen LogP contribution in [-0.2, 0) is 0 Å². The van der Waals surface area contributed by atoms with Gasteiger partial charge in [-0.2, -0.15) is 0 Å². The third kappa shape index (κ3) is 2.74. The Bertz CT molecular complexity index is 993. The fraction of sp³-hybridized carbons (Fsp3) is 0.211. The summed E-state index contributed by atoms with van der Waals surface area (Å²) >= 11 is 0. The van der Waals surface area contributed by atoms with E-state index >= 15 is 0 Å². The Balaban J connectivity index is 2.27. The minimum Gasteiger partial charge on any atom is -0.422 e. The van der Waals surface area contributed by atoms with Crippen molar-refractivity contribution in [3.8, 4) is 11.8 Å². The van der Waals surface area contributed by atoms with Gasteiger partial charge in [0.1, 0.15) is 11.2 Å². The normalized spacial score (nSPS) is 11.5. The molecule has 110 valence electrons. The smallest absolute Gasteiger partial charge is 0.344 e. The van der Waals surface area contributed by atoms with Crippen molar-refractivity contribution in [3.63, 3.8) is 0 Å². The summed E-state index contributed by atoms with van der Waals surface area (Å²) < 4.78 is 5.40. The summed E-state index contributed by atoms with van der Waals surface area (Å²) in [4.78, 5) is 12.2. The molecule has 1 N–H and O–H groups in total. The lowest BCUT2D eigenvalue weighted by Gasteiger charge is -2.06. The lowest BCUT2D eigenvalue weighted by Crippen LogP contribution is -2.14. The van der Waals surface area contributed by atoms with Gasteiger partial charge in [0.2, 0.25) is 0 Å². The average Bonchev–Trinajstić information content (AvgIpc) is 2.44. The summed E-state index contributed by atoms with van der Waals surface area (Å²) in [5.74, 6) is 5.62. The third-order valence-electron chi connectivity index (χ3n) is 3.38. The van der Waals surface area contributed by atoms with Crippen molar-refractivity contribution >= 4 is 21.7 Å². The van der Waals surface area contributed by atoms with Gasteiger partial charge in [-0.1, -0.05) is 30.0 Å². The standard InChI is InChI=1S/C19H16O3/c1-12-4-6-15-14-7-5-13(8-9-19(2,3)21)11-16(14)18(20)22-17(15)10-12/h4-7,10-11,21H,1-3H3. The van der Waals surface area contributed by atoms with Crippen molar-refractivity contribution < 1.29 is 9.52 Å². The highest BCUT2D eigenvalue weighted by atomic mass is 16.4. The largest absolute Gasteiger partial charge is 0.422 e. The molecule has 22 heavy (non-hydrogen) atoms. The van der Waals surface area contributed by atoms with Gasteiger partial charge in [-0.3, -0.25) is 0 Å². The molecular formula is C19H16O3. The van der Waals surface area contributed by atoms with E-state index in [1.807, 2.05) is 37.3 Å². The second-order valence-corrected chi connectivity index (χ2v) is 5.96. The molecule has 0 amide bonds. The van der Waals surface area contributed by atoms with E-state index in [1.54, 1.807) is 19.9 Å². The molecule has 0 unspecified atom stereocenters. The molecule has 0 saturated heterocycles. The third-order valence-corrected chi connectivity index (χ3v) is 3.38. The Hall–Kier alpha value is -2.57. The fourth-order valence-electron chi connectivity index (χ4n) is 2.34. The van der Waals surface area contributed by atoms with Crippen molar-refractivity contribution in [1.82, 2.24) is 0 Å². The molecule has 2 aromatic carbocycles. The van der Waals surface area contributed by atoms with Gasteiger partial charge in [0.15, 0.2) is 0 Å². The minimum absolute atomic E-state index is 0.375. The first-order valence-corrected chi connectivity index (χ1v) is 7.06. The minimum atomic E-state index is -1.07. The quantitative estimate of drug-likeness (QED) is 0.392. The van der Waals surface area contributed by atoms with Gasteiger partial charge in [0.05, 0.1) is 5.39 Å². The maximum absolute atomic E-state index is 12.2. The molecule has 0 aliphatic carbocycles. The number of hydrogen-bond donors (Lipinski definition) is 1. The van der Waals surface area contributed by atoms with Gasteiger partial charge in [-0.25, -0.2) is 4.79 Å². The van der Waals surface area contributed by atoms with E-state index in [0.29, 0.717) is 16.5 Å². The lowest BCUT2D eigenvalue weighted by atomic mass is 10.0. The van der Waals surface area contributed by atoms with E-state index in [1.165, 1.54) is 0 Å². The van der Waals surface area contributed by atoms with E-state index in [-0.39, 0.29) is 5.63 Å². The molecule has 1 heterocycles. The molecule has 0 saturated carbocycles. The van der Waals surface area contributed by atoms with Crippen LogP contribution in [0.3, 0.4) is 0 Å². The summed E-state index contributed by atoms with van der Waals surface area (Å²) in [5.41, 5.74) is 0.865. The SMILES string of the molecule is Cc1ccc2c(c1)oc(=O)c1cc(C#CC(C)(C)O)ccc12. The molecular weight excluding hydrogens is 276 g/mol. The predicted molar refractivity (Wildman–Crippen MR) is 87.9 cm³/mol. The van der Waals surface area contributed by atoms with Crippen molar-refractivity contribution in [2.75, 3.05) is 0 Å². The molecule has 0 fully saturated rings. The van der Waals surface area contributed by atoms with Crippen molar-refractivity contribution in [1.29, 1.82) is 0 Å². The Kier molecular flexibility index (Phi) is 3.27. The van der Waals surface area contributed by atoms with Crippen LogP contribution in [0.1, 0.15) is 25.0 Å². The van der Waals surface area contributed by atoms with Gasteiger partial charge in [0, 0.05) is 16.3 Å². The van der Waals surface area contributed by atoms with Gasteiger partial charge in [-0.15, -0.1) is 0 Å². The zero-order valence-electron chi connectivity index (χ0n) is 12.7. The Labute approximate surface area is 128 Å². The Morgan fingerprint density at radius 1 is 1.05 bits per heavy atom. The van der Waals surface area contributed by atoms with Crippen LogP contribution in [0.5, 0.6) is 0 Å². The first-order valence-electron chi connectivity index (χ1n) is 7.06. The van der Waals surface area contributed by atoms with E-state index in [9.17, 15) is 9.90 Å². The molecule has 3 nitrogen and oxygen atoms in total. The number of hydrogen-bond acceptors (Lipinski definition) is 3. The lowest BCUT2D eigenvalue weighted by molar-refractivity contribution is 0.143. The second kappa shape index (κ2) is 5.01. The first-order chi connectivity index (χ1) is 10.3. The van der Waals surface area contributed by atoms with Crippen molar-refractivity contribution in [3.05, 3.63) is 57.9 Å². The topological polar surface area (TPSA) is 50.4 Å². The molecule has 3 heteroatoms. The molecule has 0 bridgehead atoms. The maximum atomic E-state index is 12.2. The molecule has 0 aliphatic rings.